The maximum absolute atomic E-state index is 6.61. The van der Waals surface area contributed by atoms with Crippen LogP contribution in [0.4, 0.5) is 0 Å². The number of ether oxygens (including phenoxy) is 4. The molecular weight excluding hydrogens is 414 g/mol. The van der Waals surface area contributed by atoms with Crippen molar-refractivity contribution in [3.63, 3.8) is 0 Å². The standard InChI is InChI=1S/C28H57NO4/c1-5-29(2)23-20-27-26-32-28(33-27,21-16-12-8-6-10-14-18-24-30-3)22-17-13-9-7-11-15-19-25-31-4/h27H,5-26H2,1-4H3. The zero-order chi connectivity index (χ0) is 24.0. The van der Waals surface area contributed by atoms with Gasteiger partial charge in [-0.1, -0.05) is 71.1 Å². The Balaban J connectivity index is 2.28. The van der Waals surface area contributed by atoms with Gasteiger partial charge < -0.3 is 23.8 Å². The highest BCUT2D eigenvalue weighted by Crippen LogP contribution is 2.35. The molecule has 0 bridgehead atoms. The molecule has 0 aliphatic carbocycles. The summed E-state index contributed by atoms with van der Waals surface area (Å²) < 4.78 is 23.3. The zero-order valence-corrected chi connectivity index (χ0v) is 22.7. The number of hydrogen-bond donors (Lipinski definition) is 0. The average Bonchev–Trinajstić information content (AvgIpc) is 3.23. The van der Waals surface area contributed by atoms with Gasteiger partial charge in [-0.15, -0.1) is 0 Å². The molecule has 198 valence electrons. The number of hydrogen-bond acceptors (Lipinski definition) is 5. The van der Waals surface area contributed by atoms with Gasteiger partial charge in [0.15, 0.2) is 5.79 Å². The molecule has 0 N–H and O–H groups in total. The van der Waals surface area contributed by atoms with E-state index < -0.39 is 0 Å². The van der Waals surface area contributed by atoms with E-state index in [1.54, 1.807) is 14.2 Å². The van der Waals surface area contributed by atoms with Gasteiger partial charge in [-0.3, -0.25) is 0 Å². The van der Waals surface area contributed by atoms with E-state index in [1.807, 2.05) is 0 Å². The second-order valence-electron chi connectivity index (χ2n) is 10.1. The van der Waals surface area contributed by atoms with Crippen LogP contribution in [-0.2, 0) is 18.9 Å². The van der Waals surface area contributed by atoms with Crippen LogP contribution < -0.4 is 0 Å². The third kappa shape index (κ3) is 16.2. The lowest BCUT2D eigenvalue weighted by Gasteiger charge is -2.29. The highest BCUT2D eigenvalue weighted by molar-refractivity contribution is 4.80. The molecule has 0 saturated carbocycles. The highest BCUT2D eigenvalue weighted by atomic mass is 16.7. The van der Waals surface area contributed by atoms with E-state index in [2.05, 4.69) is 18.9 Å². The largest absolute Gasteiger partial charge is 0.385 e. The van der Waals surface area contributed by atoms with Crippen LogP contribution in [0.3, 0.4) is 0 Å². The Morgan fingerprint density at radius 2 is 1.18 bits per heavy atom. The molecule has 1 unspecified atom stereocenters. The first-order valence-corrected chi connectivity index (χ1v) is 14.1. The molecule has 1 fully saturated rings. The van der Waals surface area contributed by atoms with Crippen molar-refractivity contribution in [2.75, 3.05) is 54.2 Å². The topological polar surface area (TPSA) is 40.2 Å². The molecule has 0 aromatic carbocycles. The molecule has 1 saturated heterocycles. The minimum Gasteiger partial charge on any atom is -0.385 e. The van der Waals surface area contributed by atoms with Gasteiger partial charge in [0.2, 0.25) is 0 Å². The van der Waals surface area contributed by atoms with E-state index in [0.717, 1.165) is 52.2 Å². The van der Waals surface area contributed by atoms with E-state index in [1.165, 1.54) is 89.9 Å². The zero-order valence-electron chi connectivity index (χ0n) is 22.7. The Morgan fingerprint density at radius 3 is 1.64 bits per heavy atom. The molecule has 1 rings (SSSR count). The number of methoxy groups -OCH3 is 2. The summed E-state index contributed by atoms with van der Waals surface area (Å²) in [6, 6.07) is 0. The molecule has 5 heteroatoms. The van der Waals surface area contributed by atoms with Crippen LogP contribution in [0.15, 0.2) is 0 Å². The van der Waals surface area contributed by atoms with E-state index in [4.69, 9.17) is 18.9 Å². The molecule has 0 radical (unpaired) electrons. The van der Waals surface area contributed by atoms with E-state index in [9.17, 15) is 0 Å². The maximum atomic E-state index is 6.61. The Kier molecular flexibility index (Phi) is 19.7. The van der Waals surface area contributed by atoms with Crippen molar-refractivity contribution in [3.8, 4) is 0 Å². The van der Waals surface area contributed by atoms with Crippen LogP contribution in [0.2, 0.25) is 0 Å². The van der Waals surface area contributed by atoms with Crippen molar-refractivity contribution in [1.29, 1.82) is 0 Å². The minimum absolute atomic E-state index is 0.264. The smallest absolute Gasteiger partial charge is 0.168 e. The molecule has 33 heavy (non-hydrogen) atoms. The first-order chi connectivity index (χ1) is 16.2. The van der Waals surface area contributed by atoms with Crippen molar-refractivity contribution >= 4 is 0 Å². The van der Waals surface area contributed by atoms with Crippen molar-refractivity contribution < 1.29 is 18.9 Å². The van der Waals surface area contributed by atoms with Crippen molar-refractivity contribution in [2.45, 2.75) is 128 Å². The van der Waals surface area contributed by atoms with Crippen molar-refractivity contribution in [3.05, 3.63) is 0 Å². The fourth-order valence-electron chi connectivity index (χ4n) is 4.72. The fraction of sp³-hybridized carbons (Fsp3) is 1.00. The predicted octanol–water partition coefficient (Wildman–Crippen LogP) is 6.97. The summed E-state index contributed by atoms with van der Waals surface area (Å²) in [7, 11) is 5.77. The van der Waals surface area contributed by atoms with Crippen LogP contribution in [0.1, 0.15) is 116 Å². The molecule has 1 heterocycles. The summed E-state index contributed by atoms with van der Waals surface area (Å²) in [4.78, 5) is 2.36. The van der Waals surface area contributed by atoms with Crippen LogP contribution in [0, 0.1) is 0 Å². The first-order valence-electron chi connectivity index (χ1n) is 14.1. The number of unbranched alkanes of at least 4 members (excludes halogenated alkanes) is 12. The van der Waals surface area contributed by atoms with Gasteiger partial charge in [0.1, 0.15) is 0 Å². The lowest BCUT2D eigenvalue weighted by atomic mass is 9.98. The summed E-state index contributed by atoms with van der Waals surface area (Å²) in [5.74, 6) is -0.313. The Bertz CT molecular complexity index is 399. The monoisotopic (exact) mass is 471 g/mol. The predicted molar refractivity (Wildman–Crippen MR) is 139 cm³/mol. The molecule has 5 nitrogen and oxygen atoms in total. The molecular formula is C28H57NO4. The summed E-state index contributed by atoms with van der Waals surface area (Å²) in [6.07, 6.45) is 21.5. The Morgan fingerprint density at radius 1 is 0.727 bits per heavy atom. The molecule has 1 aliphatic rings. The molecule has 0 aromatic heterocycles. The summed E-state index contributed by atoms with van der Waals surface area (Å²) >= 11 is 0. The van der Waals surface area contributed by atoms with E-state index in [0.29, 0.717) is 0 Å². The normalized spacial score (nSPS) is 17.9. The summed E-state index contributed by atoms with van der Waals surface area (Å²) in [5, 5.41) is 0. The third-order valence-electron chi connectivity index (χ3n) is 7.10. The lowest BCUT2D eigenvalue weighted by molar-refractivity contribution is -0.180. The summed E-state index contributed by atoms with van der Waals surface area (Å²) in [6.45, 7) is 6.98. The molecule has 0 amide bonds. The quantitative estimate of drug-likeness (QED) is 0.142. The minimum atomic E-state index is -0.313. The SMILES string of the molecule is CCN(C)CCC1COC(CCCCCCCCCOC)(CCCCCCCCCOC)O1. The highest BCUT2D eigenvalue weighted by Gasteiger charge is 2.40. The second-order valence-corrected chi connectivity index (χ2v) is 10.1. The Labute approximate surface area is 206 Å². The fourth-order valence-corrected chi connectivity index (χ4v) is 4.72. The van der Waals surface area contributed by atoms with Gasteiger partial charge in [-0.05, 0) is 45.7 Å². The van der Waals surface area contributed by atoms with Gasteiger partial charge >= 0.3 is 0 Å². The third-order valence-corrected chi connectivity index (χ3v) is 7.10. The van der Waals surface area contributed by atoms with Gasteiger partial charge in [0, 0.05) is 46.8 Å². The lowest BCUT2D eigenvalue weighted by Crippen LogP contribution is -2.32. The Hall–Kier alpha value is -0.200. The average molecular weight is 472 g/mol. The van der Waals surface area contributed by atoms with Gasteiger partial charge in [-0.25, -0.2) is 0 Å². The van der Waals surface area contributed by atoms with Crippen molar-refractivity contribution in [1.82, 2.24) is 4.90 Å². The molecule has 0 spiro atoms. The first kappa shape index (κ1) is 30.8. The van der Waals surface area contributed by atoms with Crippen LogP contribution in [-0.4, -0.2) is 71.0 Å². The van der Waals surface area contributed by atoms with Crippen molar-refractivity contribution in [2.24, 2.45) is 0 Å². The number of nitrogens with zero attached hydrogens (tertiary/aromatic N) is 1. The second kappa shape index (κ2) is 21.1. The number of rotatable bonds is 24. The molecule has 0 aromatic rings. The van der Waals surface area contributed by atoms with Gasteiger partial charge in [0.05, 0.1) is 12.7 Å². The van der Waals surface area contributed by atoms with Crippen LogP contribution in [0.25, 0.3) is 0 Å². The van der Waals surface area contributed by atoms with Gasteiger partial charge in [-0.2, -0.15) is 0 Å². The molecule has 1 atom stereocenters. The molecule has 1 aliphatic heterocycles. The van der Waals surface area contributed by atoms with Crippen LogP contribution >= 0.6 is 0 Å². The van der Waals surface area contributed by atoms with E-state index >= 15 is 0 Å². The van der Waals surface area contributed by atoms with E-state index in [-0.39, 0.29) is 11.9 Å². The van der Waals surface area contributed by atoms with Crippen LogP contribution in [0.5, 0.6) is 0 Å². The summed E-state index contributed by atoms with van der Waals surface area (Å²) in [5.41, 5.74) is 0. The maximum Gasteiger partial charge on any atom is 0.168 e. The van der Waals surface area contributed by atoms with Gasteiger partial charge in [0.25, 0.3) is 0 Å².